The molecule has 0 radical (unpaired) electrons. The summed E-state index contributed by atoms with van der Waals surface area (Å²) in [6.07, 6.45) is 1.20. The molecule has 0 amide bonds. The van der Waals surface area contributed by atoms with Crippen molar-refractivity contribution in [2.24, 2.45) is 11.7 Å². The van der Waals surface area contributed by atoms with Gasteiger partial charge in [0, 0.05) is 6.04 Å². The van der Waals surface area contributed by atoms with E-state index >= 15 is 0 Å². The van der Waals surface area contributed by atoms with E-state index in [4.69, 9.17) is 5.73 Å². The van der Waals surface area contributed by atoms with E-state index in [1.807, 2.05) is 0 Å². The average Bonchev–Trinajstić information content (AvgIpc) is 2.67. The van der Waals surface area contributed by atoms with Gasteiger partial charge in [0.2, 0.25) is 0 Å². The van der Waals surface area contributed by atoms with Crippen molar-refractivity contribution in [3.05, 3.63) is 35.4 Å². The molecule has 0 saturated carbocycles. The van der Waals surface area contributed by atoms with E-state index in [0.29, 0.717) is 12.0 Å². The SMILES string of the molecule is Cc1ccc(C2NCCC2CN)cc1. The van der Waals surface area contributed by atoms with Crippen molar-refractivity contribution >= 4 is 0 Å². The molecule has 1 fully saturated rings. The Labute approximate surface area is 85.5 Å². The predicted molar refractivity (Wildman–Crippen MR) is 59.1 cm³/mol. The van der Waals surface area contributed by atoms with Gasteiger partial charge in [-0.1, -0.05) is 29.8 Å². The third-order valence-electron chi connectivity index (χ3n) is 3.09. The minimum absolute atomic E-state index is 0.473. The third kappa shape index (κ3) is 1.81. The number of nitrogens with two attached hydrogens (primary N) is 1. The lowest BCUT2D eigenvalue weighted by Crippen LogP contribution is -2.23. The van der Waals surface area contributed by atoms with Crippen LogP contribution in [-0.4, -0.2) is 13.1 Å². The molecule has 0 bridgehead atoms. The Balaban J connectivity index is 2.17. The topological polar surface area (TPSA) is 38.0 Å². The fourth-order valence-electron chi connectivity index (χ4n) is 2.18. The van der Waals surface area contributed by atoms with Crippen LogP contribution in [0.4, 0.5) is 0 Å². The highest BCUT2D eigenvalue weighted by Gasteiger charge is 2.26. The Kier molecular flexibility index (Phi) is 2.85. The Morgan fingerprint density at radius 2 is 2.07 bits per heavy atom. The van der Waals surface area contributed by atoms with Gasteiger partial charge in [-0.2, -0.15) is 0 Å². The second-order valence-electron chi connectivity index (χ2n) is 4.13. The van der Waals surface area contributed by atoms with Gasteiger partial charge in [0.1, 0.15) is 0 Å². The summed E-state index contributed by atoms with van der Waals surface area (Å²) >= 11 is 0. The Hall–Kier alpha value is -0.860. The van der Waals surface area contributed by atoms with Crippen LogP contribution in [-0.2, 0) is 0 Å². The highest BCUT2D eigenvalue weighted by molar-refractivity contribution is 5.25. The van der Waals surface area contributed by atoms with Crippen molar-refractivity contribution in [3.63, 3.8) is 0 Å². The maximum atomic E-state index is 5.75. The summed E-state index contributed by atoms with van der Waals surface area (Å²) < 4.78 is 0. The van der Waals surface area contributed by atoms with Crippen molar-refractivity contribution in [2.75, 3.05) is 13.1 Å². The molecule has 1 aliphatic rings. The van der Waals surface area contributed by atoms with Crippen LogP contribution in [0.2, 0.25) is 0 Å². The molecule has 1 heterocycles. The number of benzene rings is 1. The van der Waals surface area contributed by atoms with E-state index in [1.54, 1.807) is 0 Å². The highest BCUT2D eigenvalue weighted by Crippen LogP contribution is 2.28. The Bertz CT molecular complexity index is 292. The summed E-state index contributed by atoms with van der Waals surface area (Å²) in [6, 6.07) is 9.23. The Morgan fingerprint density at radius 3 is 2.71 bits per heavy atom. The molecule has 76 valence electrons. The third-order valence-corrected chi connectivity index (χ3v) is 3.09. The molecule has 2 heteroatoms. The minimum Gasteiger partial charge on any atom is -0.330 e. The van der Waals surface area contributed by atoms with Crippen LogP contribution in [0.25, 0.3) is 0 Å². The van der Waals surface area contributed by atoms with Crippen LogP contribution >= 0.6 is 0 Å². The zero-order chi connectivity index (χ0) is 9.97. The standard InChI is InChI=1S/C12H18N2/c1-9-2-4-10(5-3-9)12-11(8-13)6-7-14-12/h2-5,11-12,14H,6-8,13H2,1H3. The molecule has 2 rings (SSSR count). The fraction of sp³-hybridized carbons (Fsp3) is 0.500. The summed E-state index contributed by atoms with van der Waals surface area (Å²) in [6.45, 7) is 4.00. The van der Waals surface area contributed by atoms with Crippen LogP contribution in [0.1, 0.15) is 23.6 Å². The van der Waals surface area contributed by atoms with Gasteiger partial charge in [0.25, 0.3) is 0 Å². The van der Waals surface area contributed by atoms with Gasteiger partial charge in [0.15, 0.2) is 0 Å². The van der Waals surface area contributed by atoms with Crippen molar-refractivity contribution < 1.29 is 0 Å². The molecule has 1 aromatic rings. The lowest BCUT2D eigenvalue weighted by molar-refractivity contribution is 0.473. The number of hydrogen-bond donors (Lipinski definition) is 2. The smallest absolute Gasteiger partial charge is 0.0361 e. The molecule has 2 atom stereocenters. The van der Waals surface area contributed by atoms with Crippen molar-refractivity contribution in [2.45, 2.75) is 19.4 Å². The molecule has 14 heavy (non-hydrogen) atoms. The van der Waals surface area contributed by atoms with Crippen LogP contribution in [0.3, 0.4) is 0 Å². The monoisotopic (exact) mass is 190 g/mol. The summed E-state index contributed by atoms with van der Waals surface area (Å²) in [4.78, 5) is 0. The molecule has 3 N–H and O–H groups in total. The quantitative estimate of drug-likeness (QED) is 0.743. The zero-order valence-corrected chi connectivity index (χ0v) is 8.66. The second kappa shape index (κ2) is 4.11. The van der Waals surface area contributed by atoms with E-state index in [2.05, 4.69) is 36.5 Å². The van der Waals surface area contributed by atoms with E-state index in [-0.39, 0.29) is 0 Å². The zero-order valence-electron chi connectivity index (χ0n) is 8.66. The van der Waals surface area contributed by atoms with Gasteiger partial charge in [-0.25, -0.2) is 0 Å². The predicted octanol–water partition coefficient (Wildman–Crippen LogP) is 1.60. The van der Waals surface area contributed by atoms with Gasteiger partial charge in [-0.05, 0) is 37.9 Å². The number of rotatable bonds is 2. The summed E-state index contributed by atoms with van der Waals surface area (Å²) in [5, 5.41) is 3.51. The van der Waals surface area contributed by atoms with Gasteiger partial charge in [0.05, 0.1) is 0 Å². The fourth-order valence-corrected chi connectivity index (χ4v) is 2.18. The summed E-state index contributed by atoms with van der Waals surface area (Å²) in [5.74, 6) is 0.609. The van der Waals surface area contributed by atoms with Gasteiger partial charge >= 0.3 is 0 Å². The molecule has 0 spiro atoms. The van der Waals surface area contributed by atoms with Crippen LogP contribution in [0.15, 0.2) is 24.3 Å². The lowest BCUT2D eigenvalue weighted by atomic mass is 9.94. The molecule has 2 unspecified atom stereocenters. The molecule has 1 aliphatic heterocycles. The van der Waals surface area contributed by atoms with Gasteiger partial charge in [-0.15, -0.1) is 0 Å². The minimum atomic E-state index is 0.473. The average molecular weight is 190 g/mol. The number of nitrogens with one attached hydrogen (secondary N) is 1. The van der Waals surface area contributed by atoms with Crippen LogP contribution < -0.4 is 11.1 Å². The first-order chi connectivity index (χ1) is 6.81. The number of aryl methyl sites for hydroxylation is 1. The molecule has 1 saturated heterocycles. The Morgan fingerprint density at radius 1 is 1.36 bits per heavy atom. The molecule has 0 aliphatic carbocycles. The molecular weight excluding hydrogens is 172 g/mol. The highest BCUT2D eigenvalue weighted by atomic mass is 15.0. The van der Waals surface area contributed by atoms with Gasteiger partial charge in [-0.3, -0.25) is 0 Å². The molecule has 0 aromatic heterocycles. The summed E-state index contributed by atoms with van der Waals surface area (Å²) in [5.41, 5.74) is 8.45. The van der Waals surface area contributed by atoms with Crippen molar-refractivity contribution in [3.8, 4) is 0 Å². The molecule has 2 nitrogen and oxygen atoms in total. The first kappa shape index (κ1) is 9.69. The van der Waals surface area contributed by atoms with Crippen molar-refractivity contribution in [1.29, 1.82) is 0 Å². The first-order valence-corrected chi connectivity index (χ1v) is 5.31. The van der Waals surface area contributed by atoms with E-state index in [9.17, 15) is 0 Å². The van der Waals surface area contributed by atoms with Crippen molar-refractivity contribution in [1.82, 2.24) is 5.32 Å². The first-order valence-electron chi connectivity index (χ1n) is 5.31. The lowest BCUT2D eigenvalue weighted by Gasteiger charge is -2.18. The molecule has 1 aromatic carbocycles. The van der Waals surface area contributed by atoms with E-state index in [1.165, 1.54) is 17.5 Å². The normalized spacial score (nSPS) is 26.7. The van der Waals surface area contributed by atoms with Gasteiger partial charge < -0.3 is 11.1 Å². The van der Waals surface area contributed by atoms with E-state index < -0.39 is 0 Å². The largest absolute Gasteiger partial charge is 0.330 e. The van der Waals surface area contributed by atoms with Crippen LogP contribution in [0.5, 0.6) is 0 Å². The van der Waals surface area contributed by atoms with Crippen LogP contribution in [0, 0.1) is 12.8 Å². The maximum absolute atomic E-state index is 5.75. The number of hydrogen-bond acceptors (Lipinski definition) is 2. The molecular formula is C12H18N2. The maximum Gasteiger partial charge on any atom is 0.0361 e. The van der Waals surface area contributed by atoms with E-state index in [0.717, 1.165) is 13.1 Å². The second-order valence-corrected chi connectivity index (χ2v) is 4.13. The summed E-state index contributed by atoms with van der Waals surface area (Å²) in [7, 11) is 0.